The molecule has 1 N–H and O–H groups in total. The summed E-state index contributed by atoms with van der Waals surface area (Å²) in [7, 11) is 3.79. The van der Waals surface area contributed by atoms with Crippen LogP contribution in [-0.2, 0) is 0 Å². The Bertz CT molecular complexity index is 792. The molecule has 0 bridgehead atoms. The molecule has 3 rings (SSSR count). The van der Waals surface area contributed by atoms with Crippen LogP contribution in [0.15, 0.2) is 54.6 Å². The Morgan fingerprint density at radius 2 is 1.89 bits per heavy atom. The lowest BCUT2D eigenvalue weighted by atomic mass is 9.75. The minimum absolute atomic E-state index is 0.0986. The summed E-state index contributed by atoms with van der Waals surface area (Å²) >= 11 is 0. The standard InChI is InChI=1S/C24H32N2O2/c1-5-18-15-16-24(2,26(3)17-18)22(19-11-7-6-8-12-19)25-23(27)20-13-9-10-14-21(20)28-4/h6-14,18,22H,5,15-17H2,1-4H3,(H,25,27). The number of likely N-dealkylation sites (tertiary alicyclic amines) is 1. The van der Waals surface area contributed by atoms with Gasteiger partial charge in [0.15, 0.2) is 0 Å². The van der Waals surface area contributed by atoms with Crippen LogP contribution in [0.25, 0.3) is 0 Å². The number of para-hydroxylation sites is 1. The van der Waals surface area contributed by atoms with E-state index in [1.54, 1.807) is 7.11 Å². The molecule has 2 aromatic rings. The molecule has 0 radical (unpaired) electrons. The number of carbonyl (C=O) groups excluding carboxylic acids is 1. The van der Waals surface area contributed by atoms with Gasteiger partial charge in [-0.1, -0.05) is 55.8 Å². The maximum absolute atomic E-state index is 13.2. The molecule has 1 aliphatic heterocycles. The number of ether oxygens (including phenoxy) is 1. The van der Waals surface area contributed by atoms with Crippen molar-refractivity contribution in [3.05, 3.63) is 65.7 Å². The third-order valence-electron chi connectivity index (χ3n) is 6.42. The van der Waals surface area contributed by atoms with Crippen molar-refractivity contribution in [3.63, 3.8) is 0 Å². The van der Waals surface area contributed by atoms with Crippen LogP contribution >= 0.6 is 0 Å². The summed E-state index contributed by atoms with van der Waals surface area (Å²) in [4.78, 5) is 15.6. The van der Waals surface area contributed by atoms with E-state index in [9.17, 15) is 4.79 Å². The zero-order valence-electron chi connectivity index (χ0n) is 17.4. The number of benzene rings is 2. The van der Waals surface area contributed by atoms with Crippen molar-refractivity contribution in [1.29, 1.82) is 0 Å². The van der Waals surface area contributed by atoms with E-state index in [0.717, 1.165) is 24.4 Å². The Kier molecular flexibility index (Phi) is 6.40. The van der Waals surface area contributed by atoms with E-state index < -0.39 is 0 Å². The van der Waals surface area contributed by atoms with Crippen molar-refractivity contribution in [2.24, 2.45) is 5.92 Å². The summed E-state index contributed by atoms with van der Waals surface area (Å²) in [5, 5.41) is 3.34. The van der Waals surface area contributed by atoms with Crippen molar-refractivity contribution in [3.8, 4) is 5.75 Å². The van der Waals surface area contributed by atoms with Crippen LogP contribution in [0.1, 0.15) is 55.1 Å². The van der Waals surface area contributed by atoms with Gasteiger partial charge in [-0.3, -0.25) is 9.69 Å². The first-order chi connectivity index (χ1) is 13.5. The second-order valence-electron chi connectivity index (χ2n) is 8.07. The Morgan fingerprint density at radius 3 is 2.54 bits per heavy atom. The van der Waals surface area contributed by atoms with Crippen LogP contribution in [0.2, 0.25) is 0 Å². The number of amides is 1. The van der Waals surface area contributed by atoms with Crippen LogP contribution in [0.4, 0.5) is 0 Å². The first kappa shape index (κ1) is 20.4. The second kappa shape index (κ2) is 8.78. The van der Waals surface area contributed by atoms with Gasteiger partial charge in [0.1, 0.15) is 5.75 Å². The van der Waals surface area contributed by atoms with Gasteiger partial charge in [0.25, 0.3) is 5.91 Å². The van der Waals surface area contributed by atoms with Crippen LogP contribution in [-0.4, -0.2) is 37.0 Å². The van der Waals surface area contributed by atoms with Crippen molar-refractivity contribution in [2.45, 2.75) is 44.7 Å². The summed E-state index contributed by atoms with van der Waals surface area (Å²) in [6, 6.07) is 17.6. The number of hydrogen-bond donors (Lipinski definition) is 1. The van der Waals surface area contributed by atoms with Crippen molar-refractivity contribution >= 4 is 5.91 Å². The molecule has 1 aliphatic rings. The third-order valence-corrected chi connectivity index (χ3v) is 6.42. The number of carbonyl (C=O) groups is 1. The molecule has 1 heterocycles. The lowest BCUT2D eigenvalue weighted by molar-refractivity contribution is 0.0229. The highest BCUT2D eigenvalue weighted by atomic mass is 16.5. The quantitative estimate of drug-likeness (QED) is 0.791. The lowest BCUT2D eigenvalue weighted by Crippen LogP contribution is -2.57. The van der Waals surface area contributed by atoms with Crippen molar-refractivity contribution in [1.82, 2.24) is 10.2 Å². The average Bonchev–Trinajstić information content (AvgIpc) is 2.74. The van der Waals surface area contributed by atoms with Crippen LogP contribution in [0.3, 0.4) is 0 Å². The molecule has 0 aliphatic carbocycles. The normalized spacial score (nSPS) is 23.8. The number of hydrogen-bond acceptors (Lipinski definition) is 3. The largest absolute Gasteiger partial charge is 0.496 e. The van der Waals surface area contributed by atoms with Gasteiger partial charge >= 0.3 is 0 Å². The number of nitrogens with zero attached hydrogens (tertiary/aromatic N) is 1. The van der Waals surface area contributed by atoms with E-state index >= 15 is 0 Å². The Labute approximate surface area is 168 Å². The van der Waals surface area contributed by atoms with Crippen LogP contribution in [0.5, 0.6) is 5.75 Å². The van der Waals surface area contributed by atoms with Gasteiger partial charge in [0.2, 0.25) is 0 Å². The Hall–Kier alpha value is -2.33. The number of piperidine rings is 1. The maximum atomic E-state index is 13.2. The van der Waals surface area contributed by atoms with Gasteiger partial charge in [-0.2, -0.15) is 0 Å². The minimum atomic E-state index is -0.148. The number of likely N-dealkylation sites (N-methyl/N-ethyl adjacent to an activating group) is 1. The minimum Gasteiger partial charge on any atom is -0.496 e. The first-order valence-electron chi connectivity index (χ1n) is 10.2. The fourth-order valence-electron chi connectivity index (χ4n) is 4.36. The first-order valence-corrected chi connectivity index (χ1v) is 10.2. The van der Waals surface area contributed by atoms with Crippen molar-refractivity contribution < 1.29 is 9.53 Å². The van der Waals surface area contributed by atoms with E-state index in [1.165, 1.54) is 12.8 Å². The maximum Gasteiger partial charge on any atom is 0.255 e. The van der Waals surface area contributed by atoms with Crippen LogP contribution < -0.4 is 10.1 Å². The fraction of sp³-hybridized carbons (Fsp3) is 0.458. The smallest absolute Gasteiger partial charge is 0.255 e. The zero-order chi connectivity index (χ0) is 20.1. The molecule has 28 heavy (non-hydrogen) atoms. The second-order valence-corrected chi connectivity index (χ2v) is 8.07. The molecule has 1 amide bonds. The van der Waals surface area contributed by atoms with Crippen LogP contribution in [0, 0.1) is 5.92 Å². The predicted molar refractivity (Wildman–Crippen MR) is 114 cm³/mol. The summed E-state index contributed by atoms with van der Waals surface area (Å²) in [6.07, 6.45) is 3.43. The highest BCUT2D eigenvalue weighted by Crippen LogP contribution is 2.40. The fourth-order valence-corrected chi connectivity index (χ4v) is 4.36. The summed E-state index contributed by atoms with van der Waals surface area (Å²) in [5.74, 6) is 1.22. The lowest BCUT2D eigenvalue weighted by Gasteiger charge is -2.50. The Morgan fingerprint density at radius 1 is 1.21 bits per heavy atom. The summed E-state index contributed by atoms with van der Waals surface area (Å²) < 4.78 is 5.40. The molecule has 4 heteroatoms. The average molecular weight is 381 g/mol. The third kappa shape index (κ3) is 4.07. The summed E-state index contributed by atoms with van der Waals surface area (Å²) in [5.41, 5.74) is 1.56. The molecule has 1 saturated heterocycles. The number of nitrogens with one attached hydrogen (secondary N) is 1. The topological polar surface area (TPSA) is 41.6 Å². The number of methoxy groups -OCH3 is 1. The SMILES string of the molecule is CCC1CCC(C)(C(NC(=O)c2ccccc2OC)c2ccccc2)N(C)C1. The van der Waals surface area contributed by atoms with Crippen molar-refractivity contribution in [2.75, 3.05) is 20.7 Å². The predicted octanol–water partition coefficient (Wildman–Crippen LogP) is 4.68. The monoisotopic (exact) mass is 380 g/mol. The highest BCUT2D eigenvalue weighted by Gasteiger charge is 2.43. The van der Waals surface area contributed by atoms with E-state index in [-0.39, 0.29) is 17.5 Å². The Balaban J connectivity index is 1.93. The van der Waals surface area contributed by atoms with Gasteiger partial charge in [0.05, 0.1) is 18.7 Å². The van der Waals surface area contributed by atoms with Gasteiger partial charge in [-0.05, 0) is 50.4 Å². The van der Waals surface area contributed by atoms with Gasteiger partial charge < -0.3 is 10.1 Å². The number of rotatable bonds is 6. The molecule has 150 valence electrons. The summed E-state index contributed by atoms with van der Waals surface area (Å²) in [6.45, 7) is 5.60. The van der Waals surface area contributed by atoms with E-state index in [1.807, 2.05) is 42.5 Å². The van der Waals surface area contributed by atoms with Gasteiger partial charge in [0, 0.05) is 12.1 Å². The molecule has 0 saturated carbocycles. The molecule has 3 unspecified atom stereocenters. The molecule has 0 aromatic heterocycles. The van der Waals surface area contributed by atoms with E-state index in [0.29, 0.717) is 11.3 Å². The van der Waals surface area contributed by atoms with E-state index in [4.69, 9.17) is 4.74 Å². The molecular weight excluding hydrogens is 348 g/mol. The van der Waals surface area contributed by atoms with E-state index in [2.05, 4.69) is 43.2 Å². The molecule has 4 nitrogen and oxygen atoms in total. The zero-order valence-corrected chi connectivity index (χ0v) is 17.4. The van der Waals surface area contributed by atoms with Gasteiger partial charge in [-0.15, -0.1) is 0 Å². The molecule has 1 fully saturated rings. The molecule has 2 aromatic carbocycles. The highest BCUT2D eigenvalue weighted by molar-refractivity contribution is 5.97. The van der Waals surface area contributed by atoms with Gasteiger partial charge in [-0.25, -0.2) is 0 Å². The molecular formula is C24H32N2O2. The molecule has 3 atom stereocenters. The molecule has 0 spiro atoms.